The largest absolute Gasteiger partial charge is 0.443 e. The monoisotopic (exact) mass is 551 g/mol. The fourth-order valence-corrected chi connectivity index (χ4v) is 4.65. The van der Waals surface area contributed by atoms with E-state index in [-0.39, 0.29) is 31.6 Å². The Morgan fingerprint density at radius 3 is 1.75 bits per heavy atom. The first kappa shape index (κ1) is 31.0. The van der Waals surface area contributed by atoms with Crippen molar-refractivity contribution in [3.8, 4) is 0 Å². The van der Waals surface area contributed by atoms with Gasteiger partial charge in [0.1, 0.15) is 17.2 Å². The van der Waals surface area contributed by atoms with Crippen molar-refractivity contribution in [2.75, 3.05) is 19.6 Å². The van der Waals surface area contributed by atoms with Gasteiger partial charge in [-0.2, -0.15) is 0 Å². The summed E-state index contributed by atoms with van der Waals surface area (Å²) in [5, 5.41) is 2.89. The van der Waals surface area contributed by atoms with Crippen molar-refractivity contribution in [3.63, 3.8) is 0 Å². The van der Waals surface area contributed by atoms with Crippen LogP contribution in [-0.2, 0) is 27.1 Å². The first-order chi connectivity index (χ1) is 18.8. The number of nitrogens with one attached hydrogen (secondary N) is 1. The molecule has 0 saturated carbocycles. The van der Waals surface area contributed by atoms with Gasteiger partial charge in [0.15, 0.2) is 0 Å². The third kappa shape index (κ3) is 9.57. The standard InChI is InChI=1S/C32H45N3O5/c1-24(2)33-28(36)27-23-34(29(37)39-31(3,4)19-17-25-13-9-7-10-14-25)21-22-35(27)30(38)40-32(5,6)20-18-26-15-11-8-12-16-26/h7-16,24,27H,17-23H2,1-6H3,(H,33,36). The maximum atomic E-state index is 13.3. The van der Waals surface area contributed by atoms with E-state index in [4.69, 9.17) is 9.47 Å². The molecule has 3 rings (SSSR count). The van der Waals surface area contributed by atoms with Crippen molar-refractivity contribution in [1.29, 1.82) is 0 Å². The Hall–Kier alpha value is -3.55. The summed E-state index contributed by atoms with van der Waals surface area (Å²) in [7, 11) is 0. The number of hydrogen-bond acceptors (Lipinski definition) is 5. The van der Waals surface area contributed by atoms with Gasteiger partial charge in [-0.25, -0.2) is 9.59 Å². The van der Waals surface area contributed by atoms with Gasteiger partial charge >= 0.3 is 12.2 Å². The van der Waals surface area contributed by atoms with E-state index in [1.807, 2.05) is 90.1 Å². The number of hydrogen-bond donors (Lipinski definition) is 1. The van der Waals surface area contributed by atoms with Crippen LogP contribution in [0.4, 0.5) is 9.59 Å². The Labute approximate surface area is 239 Å². The minimum atomic E-state index is -0.881. The van der Waals surface area contributed by atoms with Gasteiger partial charge in [0, 0.05) is 19.1 Å². The number of aryl methyl sites for hydroxylation is 2. The maximum Gasteiger partial charge on any atom is 0.411 e. The maximum absolute atomic E-state index is 13.3. The molecule has 40 heavy (non-hydrogen) atoms. The quantitative estimate of drug-likeness (QED) is 0.416. The van der Waals surface area contributed by atoms with Crippen LogP contribution in [0.5, 0.6) is 0 Å². The van der Waals surface area contributed by atoms with Crippen LogP contribution in [0.3, 0.4) is 0 Å². The van der Waals surface area contributed by atoms with Crippen LogP contribution in [0.25, 0.3) is 0 Å². The third-order valence-corrected chi connectivity index (χ3v) is 7.05. The predicted molar refractivity (Wildman–Crippen MR) is 156 cm³/mol. The van der Waals surface area contributed by atoms with Crippen molar-refractivity contribution >= 4 is 18.1 Å². The van der Waals surface area contributed by atoms with Gasteiger partial charge < -0.3 is 19.7 Å². The highest BCUT2D eigenvalue weighted by atomic mass is 16.6. The Kier molecular flexibility index (Phi) is 10.6. The van der Waals surface area contributed by atoms with Gasteiger partial charge in [-0.05, 0) is 78.4 Å². The summed E-state index contributed by atoms with van der Waals surface area (Å²) in [5.74, 6) is -0.324. The zero-order valence-electron chi connectivity index (χ0n) is 24.8. The summed E-state index contributed by atoms with van der Waals surface area (Å²) in [5.41, 5.74) is 0.919. The molecule has 1 N–H and O–H groups in total. The zero-order chi connectivity index (χ0) is 29.3. The predicted octanol–water partition coefficient (Wildman–Crippen LogP) is 5.59. The van der Waals surface area contributed by atoms with E-state index in [2.05, 4.69) is 17.4 Å². The van der Waals surface area contributed by atoms with Gasteiger partial charge in [0.05, 0.1) is 6.54 Å². The number of carbonyl (C=O) groups excluding carboxylic acids is 3. The Morgan fingerprint density at radius 2 is 1.27 bits per heavy atom. The van der Waals surface area contributed by atoms with Crippen molar-refractivity contribution in [2.24, 2.45) is 0 Å². The summed E-state index contributed by atoms with van der Waals surface area (Å²) in [4.78, 5) is 42.6. The molecule has 8 heteroatoms. The number of piperazine rings is 1. The molecule has 1 saturated heterocycles. The molecule has 0 radical (unpaired) electrons. The molecule has 2 aromatic rings. The van der Waals surface area contributed by atoms with E-state index in [0.29, 0.717) is 12.8 Å². The molecule has 0 spiro atoms. The summed E-state index contributed by atoms with van der Waals surface area (Å²) in [6.45, 7) is 11.7. The molecule has 1 atom stereocenters. The summed E-state index contributed by atoms with van der Waals surface area (Å²) < 4.78 is 11.8. The highest BCUT2D eigenvalue weighted by molar-refractivity contribution is 5.87. The number of benzene rings is 2. The number of carbonyl (C=O) groups is 3. The molecule has 1 aliphatic rings. The highest BCUT2D eigenvalue weighted by Gasteiger charge is 2.41. The molecular weight excluding hydrogens is 506 g/mol. The molecule has 1 aliphatic heterocycles. The Balaban J connectivity index is 1.63. The van der Waals surface area contributed by atoms with Crippen LogP contribution < -0.4 is 5.32 Å². The summed E-state index contributed by atoms with van der Waals surface area (Å²) >= 11 is 0. The Bertz CT molecular complexity index is 1120. The van der Waals surface area contributed by atoms with Gasteiger partial charge in [-0.3, -0.25) is 9.69 Å². The fraction of sp³-hybridized carbons (Fsp3) is 0.531. The van der Waals surface area contributed by atoms with Crippen molar-refractivity contribution < 1.29 is 23.9 Å². The lowest BCUT2D eigenvalue weighted by Gasteiger charge is -2.41. The van der Waals surface area contributed by atoms with Gasteiger partial charge in [-0.1, -0.05) is 60.7 Å². The van der Waals surface area contributed by atoms with Crippen LogP contribution >= 0.6 is 0 Å². The van der Waals surface area contributed by atoms with Crippen molar-refractivity contribution in [3.05, 3.63) is 71.8 Å². The van der Waals surface area contributed by atoms with Crippen LogP contribution in [0.1, 0.15) is 65.5 Å². The topological polar surface area (TPSA) is 88.2 Å². The van der Waals surface area contributed by atoms with Gasteiger partial charge in [0.25, 0.3) is 0 Å². The smallest absolute Gasteiger partial charge is 0.411 e. The Morgan fingerprint density at radius 1 is 0.800 bits per heavy atom. The van der Waals surface area contributed by atoms with E-state index in [1.165, 1.54) is 20.9 Å². The third-order valence-electron chi connectivity index (χ3n) is 7.05. The SMILES string of the molecule is CC(C)NC(=O)C1CN(C(=O)OC(C)(C)CCc2ccccc2)CCN1C(=O)OC(C)(C)CCc1ccccc1. The molecule has 0 bridgehead atoms. The van der Waals surface area contributed by atoms with E-state index in [9.17, 15) is 14.4 Å². The molecule has 218 valence electrons. The number of rotatable bonds is 10. The molecular formula is C32H45N3O5. The first-order valence-corrected chi connectivity index (χ1v) is 14.2. The second-order valence-electron chi connectivity index (χ2n) is 12.0. The van der Waals surface area contributed by atoms with Gasteiger partial charge in [0.2, 0.25) is 5.91 Å². The van der Waals surface area contributed by atoms with E-state index in [0.717, 1.165) is 12.8 Å². The molecule has 3 amide bonds. The minimum Gasteiger partial charge on any atom is -0.443 e. The fourth-order valence-electron chi connectivity index (χ4n) is 4.65. The van der Waals surface area contributed by atoms with E-state index < -0.39 is 29.4 Å². The average Bonchev–Trinajstić information content (AvgIpc) is 2.91. The second kappa shape index (κ2) is 13.7. The molecule has 1 fully saturated rings. The molecule has 2 aromatic carbocycles. The van der Waals surface area contributed by atoms with Crippen LogP contribution in [0.2, 0.25) is 0 Å². The molecule has 1 heterocycles. The van der Waals surface area contributed by atoms with Gasteiger partial charge in [-0.15, -0.1) is 0 Å². The van der Waals surface area contributed by atoms with Crippen molar-refractivity contribution in [1.82, 2.24) is 15.1 Å². The molecule has 0 aromatic heterocycles. The number of amides is 3. The summed E-state index contributed by atoms with van der Waals surface area (Å²) in [6.07, 6.45) is 1.79. The number of nitrogens with zero attached hydrogens (tertiary/aromatic N) is 2. The average molecular weight is 552 g/mol. The van der Waals surface area contributed by atoms with Crippen LogP contribution in [-0.4, -0.2) is 70.8 Å². The van der Waals surface area contributed by atoms with Crippen LogP contribution in [0, 0.1) is 0 Å². The van der Waals surface area contributed by atoms with Crippen LogP contribution in [0.15, 0.2) is 60.7 Å². The second-order valence-corrected chi connectivity index (χ2v) is 12.0. The summed E-state index contributed by atoms with van der Waals surface area (Å²) in [6, 6.07) is 19.1. The zero-order valence-corrected chi connectivity index (χ0v) is 24.8. The molecule has 1 unspecified atom stereocenters. The molecule has 0 aliphatic carbocycles. The minimum absolute atomic E-state index is 0.0334. The normalized spacial score (nSPS) is 16.0. The lowest BCUT2D eigenvalue weighted by molar-refractivity contribution is -0.129. The molecule has 8 nitrogen and oxygen atoms in total. The lowest BCUT2D eigenvalue weighted by Crippen LogP contribution is -2.63. The van der Waals surface area contributed by atoms with E-state index in [1.54, 1.807) is 0 Å². The number of ether oxygens (including phenoxy) is 2. The first-order valence-electron chi connectivity index (χ1n) is 14.2. The lowest BCUT2D eigenvalue weighted by atomic mass is 9.98. The highest BCUT2D eigenvalue weighted by Crippen LogP contribution is 2.24. The van der Waals surface area contributed by atoms with E-state index >= 15 is 0 Å². The van der Waals surface area contributed by atoms with Crippen molar-refractivity contribution in [2.45, 2.75) is 90.5 Å².